The second-order valence-electron chi connectivity index (χ2n) is 5.96. The number of anilines is 2. The molecule has 26 heavy (non-hydrogen) atoms. The van der Waals surface area contributed by atoms with E-state index in [0.717, 1.165) is 16.3 Å². The molecule has 0 aliphatic rings. The molecule has 0 saturated heterocycles. The largest absolute Gasteiger partial charge is 0.383 e. The van der Waals surface area contributed by atoms with Crippen LogP contribution >= 0.6 is 11.6 Å². The molecular weight excluding hydrogens is 355 g/mol. The minimum atomic E-state index is -0.664. The Bertz CT molecular complexity index is 979. The zero-order chi connectivity index (χ0) is 18.8. The summed E-state index contributed by atoms with van der Waals surface area (Å²) in [7, 11) is 1.63. The molecule has 0 aliphatic heterocycles. The van der Waals surface area contributed by atoms with Crippen LogP contribution in [0.1, 0.15) is 18.5 Å². The molecule has 1 aromatic heterocycles. The topological polar surface area (TPSA) is 71.2 Å². The van der Waals surface area contributed by atoms with Crippen molar-refractivity contribution in [1.82, 2.24) is 9.88 Å². The van der Waals surface area contributed by atoms with Gasteiger partial charge in [0.05, 0.1) is 16.8 Å². The average Bonchev–Trinajstić information content (AvgIpc) is 2.65. The summed E-state index contributed by atoms with van der Waals surface area (Å²) in [5.41, 5.74) is 6.81. The number of halogens is 2. The fourth-order valence-electron chi connectivity index (χ4n) is 2.76. The summed E-state index contributed by atoms with van der Waals surface area (Å²) in [4.78, 5) is 18.2. The molecule has 5 nitrogen and oxygen atoms in total. The summed E-state index contributed by atoms with van der Waals surface area (Å²) in [6, 6.07) is 11.3. The minimum absolute atomic E-state index is 0.0295. The van der Waals surface area contributed by atoms with E-state index >= 15 is 0 Å². The van der Waals surface area contributed by atoms with E-state index in [4.69, 9.17) is 17.3 Å². The molecule has 7 heteroatoms. The molecule has 134 valence electrons. The van der Waals surface area contributed by atoms with Gasteiger partial charge in [-0.25, -0.2) is 14.2 Å². The predicted octanol–water partition coefficient (Wildman–Crippen LogP) is 4.83. The third-order valence-corrected chi connectivity index (χ3v) is 4.69. The summed E-state index contributed by atoms with van der Waals surface area (Å²) in [5, 5.41) is 4.24. The predicted molar refractivity (Wildman–Crippen MR) is 103 cm³/mol. The number of carbonyl (C=O) groups excluding carboxylic acids is 1. The third-order valence-electron chi connectivity index (χ3n) is 4.40. The number of rotatable bonds is 3. The Morgan fingerprint density at radius 2 is 1.92 bits per heavy atom. The maximum Gasteiger partial charge on any atom is 0.322 e. The van der Waals surface area contributed by atoms with E-state index in [2.05, 4.69) is 10.3 Å². The third kappa shape index (κ3) is 3.28. The Labute approximate surface area is 155 Å². The minimum Gasteiger partial charge on any atom is -0.383 e. The molecule has 0 bridgehead atoms. The first-order chi connectivity index (χ1) is 12.4. The van der Waals surface area contributed by atoms with Gasteiger partial charge in [-0.05, 0) is 24.4 Å². The van der Waals surface area contributed by atoms with Gasteiger partial charge in [-0.1, -0.05) is 41.9 Å². The Hall–Kier alpha value is -2.86. The van der Waals surface area contributed by atoms with Crippen LogP contribution in [0.3, 0.4) is 0 Å². The van der Waals surface area contributed by atoms with Crippen molar-refractivity contribution in [1.29, 1.82) is 0 Å². The number of pyridine rings is 1. The first-order valence-electron chi connectivity index (χ1n) is 8.01. The van der Waals surface area contributed by atoms with E-state index < -0.39 is 11.8 Å². The van der Waals surface area contributed by atoms with Crippen molar-refractivity contribution in [2.45, 2.75) is 13.0 Å². The maximum absolute atomic E-state index is 14.0. The van der Waals surface area contributed by atoms with Crippen molar-refractivity contribution in [3.05, 3.63) is 65.1 Å². The lowest BCUT2D eigenvalue weighted by atomic mass is 10.0. The monoisotopic (exact) mass is 372 g/mol. The number of carbonyl (C=O) groups is 1. The first kappa shape index (κ1) is 17.9. The number of hydrogen-bond donors (Lipinski definition) is 2. The normalized spacial score (nSPS) is 12.0. The van der Waals surface area contributed by atoms with Crippen molar-refractivity contribution < 1.29 is 9.18 Å². The van der Waals surface area contributed by atoms with Crippen LogP contribution in [0.25, 0.3) is 10.8 Å². The highest BCUT2D eigenvalue weighted by molar-refractivity contribution is 6.31. The zero-order valence-electron chi connectivity index (χ0n) is 14.3. The van der Waals surface area contributed by atoms with E-state index in [9.17, 15) is 9.18 Å². The Morgan fingerprint density at radius 1 is 1.23 bits per heavy atom. The van der Waals surface area contributed by atoms with Crippen LogP contribution in [0.2, 0.25) is 5.02 Å². The number of nitrogens with two attached hydrogens (primary N) is 1. The van der Waals surface area contributed by atoms with E-state index in [1.807, 2.05) is 31.2 Å². The molecule has 0 saturated carbocycles. The molecule has 2 aromatic carbocycles. The zero-order valence-corrected chi connectivity index (χ0v) is 15.1. The molecule has 1 heterocycles. The molecule has 0 fully saturated rings. The lowest BCUT2D eigenvalue weighted by molar-refractivity contribution is 0.208. The number of nitrogen functional groups attached to an aromatic ring is 1. The fraction of sp³-hybridized carbons (Fsp3) is 0.158. The molecule has 1 atom stereocenters. The van der Waals surface area contributed by atoms with Crippen molar-refractivity contribution in [2.24, 2.45) is 0 Å². The van der Waals surface area contributed by atoms with Crippen LogP contribution in [0.5, 0.6) is 0 Å². The molecule has 0 aliphatic carbocycles. The summed E-state index contributed by atoms with van der Waals surface area (Å²) >= 11 is 5.76. The Balaban J connectivity index is 1.88. The van der Waals surface area contributed by atoms with Gasteiger partial charge < -0.3 is 16.0 Å². The Kier molecular flexibility index (Phi) is 4.95. The van der Waals surface area contributed by atoms with Crippen molar-refractivity contribution in [2.75, 3.05) is 18.1 Å². The van der Waals surface area contributed by atoms with Crippen LogP contribution in [0, 0.1) is 5.82 Å². The average molecular weight is 373 g/mol. The van der Waals surface area contributed by atoms with Gasteiger partial charge in [0, 0.05) is 24.2 Å². The number of fused-ring (bicyclic) bond motifs is 1. The van der Waals surface area contributed by atoms with Gasteiger partial charge in [-0.3, -0.25) is 0 Å². The van der Waals surface area contributed by atoms with Gasteiger partial charge in [0.2, 0.25) is 0 Å². The summed E-state index contributed by atoms with van der Waals surface area (Å²) < 4.78 is 14.0. The van der Waals surface area contributed by atoms with Crippen LogP contribution in [0.4, 0.5) is 20.7 Å². The van der Waals surface area contributed by atoms with Crippen molar-refractivity contribution in [3.63, 3.8) is 0 Å². The maximum atomic E-state index is 14.0. The number of nitrogens with zero attached hydrogens (tertiary/aromatic N) is 2. The molecule has 2 amide bonds. The molecular formula is C19H18ClFN4O. The highest BCUT2D eigenvalue weighted by Crippen LogP contribution is 2.30. The van der Waals surface area contributed by atoms with Gasteiger partial charge in [0.25, 0.3) is 0 Å². The standard InChI is InChI=1S/C19H18ClFN4O/c1-11(14-10-23-18(22)13-7-4-3-6-12(13)14)25(2)19(26)24-16-9-5-8-15(20)17(16)21/h3-11H,1-2H3,(H2,22,23)(H,24,26)/t11-/m0/s1. The number of hydrogen-bond acceptors (Lipinski definition) is 3. The SMILES string of the molecule is C[C@@H](c1cnc(N)c2ccccc12)N(C)C(=O)Nc1cccc(Cl)c1F. The molecule has 3 aromatic rings. The fourth-order valence-corrected chi connectivity index (χ4v) is 2.93. The van der Waals surface area contributed by atoms with Crippen LogP contribution in [-0.4, -0.2) is 23.0 Å². The second kappa shape index (κ2) is 7.17. The summed E-state index contributed by atoms with van der Waals surface area (Å²) in [6.07, 6.45) is 1.66. The Morgan fingerprint density at radius 3 is 2.65 bits per heavy atom. The quantitative estimate of drug-likeness (QED) is 0.691. The van der Waals surface area contributed by atoms with E-state index in [0.29, 0.717) is 5.82 Å². The molecule has 0 unspecified atom stereocenters. The van der Waals surface area contributed by atoms with Crippen LogP contribution in [0.15, 0.2) is 48.7 Å². The number of amides is 2. The smallest absolute Gasteiger partial charge is 0.322 e. The van der Waals surface area contributed by atoms with Gasteiger partial charge in [-0.15, -0.1) is 0 Å². The molecule has 3 N–H and O–H groups in total. The van der Waals surface area contributed by atoms with E-state index in [1.54, 1.807) is 19.3 Å². The molecule has 3 rings (SSSR count). The summed E-state index contributed by atoms with van der Waals surface area (Å²) in [6.45, 7) is 1.87. The van der Waals surface area contributed by atoms with Gasteiger partial charge in [0.1, 0.15) is 5.82 Å². The van der Waals surface area contributed by atoms with Crippen LogP contribution in [-0.2, 0) is 0 Å². The lowest BCUT2D eigenvalue weighted by Crippen LogP contribution is -2.34. The van der Waals surface area contributed by atoms with Gasteiger partial charge >= 0.3 is 6.03 Å². The molecule has 0 radical (unpaired) electrons. The van der Waals surface area contributed by atoms with Gasteiger partial charge in [0.15, 0.2) is 5.82 Å². The highest BCUT2D eigenvalue weighted by atomic mass is 35.5. The molecule has 0 spiro atoms. The van der Waals surface area contributed by atoms with Gasteiger partial charge in [-0.2, -0.15) is 0 Å². The van der Waals surface area contributed by atoms with Crippen LogP contribution < -0.4 is 11.1 Å². The number of aromatic nitrogens is 1. The second-order valence-corrected chi connectivity index (χ2v) is 6.37. The van der Waals surface area contributed by atoms with E-state index in [-0.39, 0.29) is 16.8 Å². The number of urea groups is 1. The first-order valence-corrected chi connectivity index (χ1v) is 8.39. The van der Waals surface area contributed by atoms with E-state index in [1.165, 1.54) is 17.0 Å². The van der Waals surface area contributed by atoms with Crippen molar-refractivity contribution in [3.8, 4) is 0 Å². The van der Waals surface area contributed by atoms with Crippen molar-refractivity contribution >= 4 is 39.9 Å². The number of benzene rings is 2. The lowest BCUT2D eigenvalue weighted by Gasteiger charge is -2.26. The summed E-state index contributed by atoms with van der Waals surface area (Å²) in [5.74, 6) is -0.229. The number of nitrogens with one attached hydrogen (secondary N) is 1. The highest BCUT2D eigenvalue weighted by Gasteiger charge is 2.21.